The third kappa shape index (κ3) is 3.63. The van der Waals surface area contributed by atoms with Gasteiger partial charge in [0.05, 0.1) is 10.7 Å². The molecule has 2 amide bonds. The standard InChI is InChI=1S/C14H14ClN3O/c1-9-2-5-11(6-3-9)17-14(19)18-13-8-10(16)4-7-12(13)15/h2-8H,16H2,1H3,(H2,17,18,19). The van der Waals surface area contributed by atoms with Gasteiger partial charge in [-0.25, -0.2) is 4.79 Å². The third-order valence-electron chi connectivity index (χ3n) is 2.55. The second-order valence-electron chi connectivity index (χ2n) is 4.18. The number of carbonyl (C=O) groups is 1. The molecular formula is C14H14ClN3O. The molecule has 0 aromatic heterocycles. The molecule has 0 radical (unpaired) electrons. The number of carbonyl (C=O) groups excluding carboxylic acids is 1. The zero-order valence-corrected chi connectivity index (χ0v) is 11.2. The van der Waals surface area contributed by atoms with Gasteiger partial charge in [0.2, 0.25) is 0 Å². The Hall–Kier alpha value is -2.20. The van der Waals surface area contributed by atoms with Gasteiger partial charge in [-0.3, -0.25) is 0 Å². The number of urea groups is 1. The highest BCUT2D eigenvalue weighted by molar-refractivity contribution is 6.34. The van der Waals surface area contributed by atoms with Crippen LogP contribution in [0.4, 0.5) is 21.9 Å². The number of aryl methyl sites for hydroxylation is 1. The number of nitrogens with one attached hydrogen (secondary N) is 2. The molecule has 4 N–H and O–H groups in total. The van der Waals surface area contributed by atoms with Crippen LogP contribution in [0, 0.1) is 6.92 Å². The van der Waals surface area contributed by atoms with Gasteiger partial charge in [0.25, 0.3) is 0 Å². The molecule has 0 spiro atoms. The number of nitrogen functional groups attached to an aromatic ring is 1. The molecule has 0 bridgehead atoms. The van der Waals surface area contributed by atoms with E-state index in [0.29, 0.717) is 22.1 Å². The van der Waals surface area contributed by atoms with Gasteiger partial charge in [-0.15, -0.1) is 0 Å². The van der Waals surface area contributed by atoms with E-state index in [1.165, 1.54) is 0 Å². The molecule has 2 aromatic rings. The van der Waals surface area contributed by atoms with Crippen LogP contribution in [0.15, 0.2) is 42.5 Å². The first-order chi connectivity index (χ1) is 9.04. The van der Waals surface area contributed by atoms with E-state index in [0.717, 1.165) is 5.56 Å². The van der Waals surface area contributed by atoms with E-state index >= 15 is 0 Å². The van der Waals surface area contributed by atoms with E-state index in [1.54, 1.807) is 18.2 Å². The summed E-state index contributed by atoms with van der Waals surface area (Å²) in [5.41, 5.74) is 8.50. The van der Waals surface area contributed by atoms with Crippen molar-refractivity contribution in [3.8, 4) is 0 Å². The smallest absolute Gasteiger partial charge is 0.323 e. The van der Waals surface area contributed by atoms with Crippen molar-refractivity contribution in [2.24, 2.45) is 0 Å². The van der Waals surface area contributed by atoms with E-state index in [9.17, 15) is 4.79 Å². The fraction of sp³-hybridized carbons (Fsp3) is 0.0714. The van der Waals surface area contributed by atoms with Gasteiger partial charge < -0.3 is 16.4 Å². The average Bonchev–Trinajstić information content (AvgIpc) is 2.37. The zero-order chi connectivity index (χ0) is 13.8. The minimum absolute atomic E-state index is 0.364. The van der Waals surface area contributed by atoms with Crippen LogP contribution in [0.25, 0.3) is 0 Å². The van der Waals surface area contributed by atoms with E-state index < -0.39 is 0 Å². The summed E-state index contributed by atoms with van der Waals surface area (Å²) in [7, 11) is 0. The van der Waals surface area contributed by atoms with Gasteiger partial charge in [0.1, 0.15) is 0 Å². The molecule has 19 heavy (non-hydrogen) atoms. The molecule has 5 heteroatoms. The number of benzene rings is 2. The van der Waals surface area contributed by atoms with Crippen molar-refractivity contribution >= 4 is 34.7 Å². The number of hydrogen-bond donors (Lipinski definition) is 3. The van der Waals surface area contributed by atoms with Gasteiger partial charge in [-0.1, -0.05) is 29.3 Å². The number of hydrogen-bond acceptors (Lipinski definition) is 2. The summed E-state index contributed by atoms with van der Waals surface area (Å²) in [5, 5.41) is 5.81. The van der Waals surface area contributed by atoms with E-state index in [1.807, 2.05) is 31.2 Å². The van der Waals surface area contributed by atoms with Crippen LogP contribution in [0.1, 0.15) is 5.56 Å². The Morgan fingerprint density at radius 3 is 2.47 bits per heavy atom. The maximum atomic E-state index is 11.8. The first-order valence-electron chi connectivity index (χ1n) is 5.74. The van der Waals surface area contributed by atoms with Crippen LogP contribution in [0.5, 0.6) is 0 Å². The second-order valence-corrected chi connectivity index (χ2v) is 4.59. The quantitative estimate of drug-likeness (QED) is 0.728. The van der Waals surface area contributed by atoms with Crippen LogP contribution >= 0.6 is 11.6 Å². The fourth-order valence-corrected chi connectivity index (χ4v) is 1.73. The lowest BCUT2D eigenvalue weighted by Crippen LogP contribution is -2.19. The van der Waals surface area contributed by atoms with Crippen molar-refractivity contribution in [3.63, 3.8) is 0 Å². The molecule has 0 aliphatic carbocycles. The molecule has 0 saturated heterocycles. The fourth-order valence-electron chi connectivity index (χ4n) is 1.56. The van der Waals surface area contributed by atoms with Crippen molar-refractivity contribution in [1.82, 2.24) is 0 Å². The highest BCUT2D eigenvalue weighted by Crippen LogP contribution is 2.24. The summed E-state index contributed by atoms with van der Waals surface area (Å²) >= 11 is 5.97. The first kappa shape index (κ1) is 13.2. The number of amides is 2. The third-order valence-corrected chi connectivity index (χ3v) is 2.88. The molecule has 98 valence electrons. The Morgan fingerprint density at radius 1 is 1.11 bits per heavy atom. The molecule has 0 atom stereocenters. The number of nitrogens with two attached hydrogens (primary N) is 1. The van der Waals surface area contributed by atoms with Crippen LogP contribution in [0.3, 0.4) is 0 Å². The van der Waals surface area contributed by atoms with Crippen LogP contribution in [0.2, 0.25) is 5.02 Å². The average molecular weight is 276 g/mol. The summed E-state index contributed by atoms with van der Waals surface area (Å²) in [6.07, 6.45) is 0. The molecule has 0 aliphatic heterocycles. The summed E-state index contributed by atoms with van der Waals surface area (Å²) in [5.74, 6) is 0. The molecule has 0 aliphatic rings. The van der Waals surface area contributed by atoms with Crippen LogP contribution in [-0.2, 0) is 0 Å². The Labute approximate surface area is 116 Å². The lowest BCUT2D eigenvalue weighted by Gasteiger charge is -2.09. The van der Waals surface area contributed by atoms with Crippen molar-refractivity contribution in [2.75, 3.05) is 16.4 Å². The predicted molar refractivity (Wildman–Crippen MR) is 79.7 cm³/mol. The number of halogens is 1. The minimum atomic E-state index is -0.364. The molecule has 4 nitrogen and oxygen atoms in total. The largest absolute Gasteiger partial charge is 0.399 e. The van der Waals surface area contributed by atoms with Gasteiger partial charge in [0.15, 0.2) is 0 Å². The number of anilines is 3. The lowest BCUT2D eigenvalue weighted by molar-refractivity contribution is 0.262. The van der Waals surface area contributed by atoms with Gasteiger partial charge in [-0.05, 0) is 37.3 Å². The topological polar surface area (TPSA) is 67.2 Å². The zero-order valence-electron chi connectivity index (χ0n) is 10.4. The lowest BCUT2D eigenvalue weighted by atomic mass is 10.2. The summed E-state index contributed by atoms with van der Waals surface area (Å²) < 4.78 is 0. The van der Waals surface area contributed by atoms with Gasteiger partial charge in [0, 0.05) is 11.4 Å². The predicted octanol–water partition coefficient (Wildman–Crippen LogP) is 3.87. The highest BCUT2D eigenvalue weighted by atomic mass is 35.5. The normalized spacial score (nSPS) is 10.0. The van der Waals surface area contributed by atoms with E-state index in [-0.39, 0.29) is 6.03 Å². The van der Waals surface area contributed by atoms with E-state index in [2.05, 4.69) is 10.6 Å². The minimum Gasteiger partial charge on any atom is -0.399 e. The van der Waals surface area contributed by atoms with Crippen LogP contribution < -0.4 is 16.4 Å². The Kier molecular flexibility index (Phi) is 3.92. The van der Waals surface area contributed by atoms with Crippen molar-refractivity contribution in [3.05, 3.63) is 53.1 Å². The van der Waals surface area contributed by atoms with E-state index in [4.69, 9.17) is 17.3 Å². The summed E-state index contributed by atoms with van der Waals surface area (Å²) in [6.45, 7) is 1.98. The molecule has 0 saturated carbocycles. The molecule has 0 heterocycles. The van der Waals surface area contributed by atoms with Crippen molar-refractivity contribution in [1.29, 1.82) is 0 Å². The Morgan fingerprint density at radius 2 is 1.79 bits per heavy atom. The SMILES string of the molecule is Cc1ccc(NC(=O)Nc2cc(N)ccc2Cl)cc1. The second kappa shape index (κ2) is 5.63. The maximum absolute atomic E-state index is 11.8. The highest BCUT2D eigenvalue weighted by Gasteiger charge is 2.06. The number of rotatable bonds is 2. The van der Waals surface area contributed by atoms with Crippen LogP contribution in [-0.4, -0.2) is 6.03 Å². The van der Waals surface area contributed by atoms with Gasteiger partial charge in [-0.2, -0.15) is 0 Å². The first-order valence-corrected chi connectivity index (χ1v) is 6.12. The summed E-state index contributed by atoms with van der Waals surface area (Å²) in [6, 6.07) is 12.1. The maximum Gasteiger partial charge on any atom is 0.323 e. The Bertz CT molecular complexity index is 596. The van der Waals surface area contributed by atoms with Gasteiger partial charge >= 0.3 is 6.03 Å². The molecule has 0 fully saturated rings. The van der Waals surface area contributed by atoms with Crippen molar-refractivity contribution < 1.29 is 4.79 Å². The molecule has 2 rings (SSSR count). The molecule has 0 unspecified atom stereocenters. The Balaban J connectivity index is 2.05. The molecular weight excluding hydrogens is 262 g/mol. The summed E-state index contributed by atoms with van der Waals surface area (Å²) in [4.78, 5) is 11.8. The molecule has 2 aromatic carbocycles. The van der Waals surface area contributed by atoms with Crippen molar-refractivity contribution in [2.45, 2.75) is 6.92 Å². The monoisotopic (exact) mass is 275 g/mol.